The second-order valence-corrected chi connectivity index (χ2v) is 4.80. The molecule has 0 aliphatic heterocycles. The van der Waals surface area contributed by atoms with Gasteiger partial charge in [0.15, 0.2) is 0 Å². The molecule has 0 amide bonds. The SMILES string of the molecule is Oc1cccc(-c2ccc(C3CCC3)cc2)c1. The van der Waals surface area contributed by atoms with Crippen molar-refractivity contribution in [1.82, 2.24) is 0 Å². The van der Waals surface area contributed by atoms with Crippen molar-refractivity contribution in [2.45, 2.75) is 25.2 Å². The van der Waals surface area contributed by atoms with Crippen LogP contribution in [0.2, 0.25) is 0 Å². The minimum Gasteiger partial charge on any atom is -0.508 e. The number of hydrogen-bond acceptors (Lipinski definition) is 1. The van der Waals surface area contributed by atoms with E-state index in [1.807, 2.05) is 12.1 Å². The van der Waals surface area contributed by atoms with Crippen molar-refractivity contribution in [3.8, 4) is 16.9 Å². The van der Waals surface area contributed by atoms with Crippen LogP contribution in [0.4, 0.5) is 0 Å². The Bertz CT molecular complexity index is 509. The first-order valence-electron chi connectivity index (χ1n) is 6.22. The van der Waals surface area contributed by atoms with Crippen LogP contribution in [0.1, 0.15) is 30.7 Å². The molecule has 0 aromatic heterocycles. The fourth-order valence-electron chi connectivity index (χ4n) is 2.37. The lowest BCUT2D eigenvalue weighted by Crippen LogP contribution is -2.08. The smallest absolute Gasteiger partial charge is 0.116 e. The minimum absolute atomic E-state index is 0.325. The molecule has 17 heavy (non-hydrogen) atoms. The van der Waals surface area contributed by atoms with Crippen molar-refractivity contribution >= 4 is 0 Å². The van der Waals surface area contributed by atoms with Crippen molar-refractivity contribution in [3.05, 3.63) is 54.1 Å². The number of rotatable bonds is 2. The van der Waals surface area contributed by atoms with Gasteiger partial charge in [0.25, 0.3) is 0 Å². The monoisotopic (exact) mass is 224 g/mol. The molecule has 1 nitrogen and oxygen atoms in total. The lowest BCUT2D eigenvalue weighted by atomic mass is 9.80. The molecule has 1 aliphatic carbocycles. The lowest BCUT2D eigenvalue weighted by Gasteiger charge is -2.25. The van der Waals surface area contributed by atoms with Crippen LogP contribution in [0.3, 0.4) is 0 Å². The Kier molecular flexibility index (Phi) is 2.60. The van der Waals surface area contributed by atoms with Crippen LogP contribution in [0.5, 0.6) is 5.75 Å². The highest BCUT2D eigenvalue weighted by Crippen LogP contribution is 2.37. The van der Waals surface area contributed by atoms with E-state index in [-0.39, 0.29) is 0 Å². The summed E-state index contributed by atoms with van der Waals surface area (Å²) >= 11 is 0. The first-order valence-corrected chi connectivity index (χ1v) is 6.22. The quantitative estimate of drug-likeness (QED) is 0.805. The van der Waals surface area contributed by atoms with Gasteiger partial charge in [-0.15, -0.1) is 0 Å². The highest BCUT2D eigenvalue weighted by atomic mass is 16.3. The molecular weight excluding hydrogens is 208 g/mol. The Morgan fingerprint density at radius 3 is 2.24 bits per heavy atom. The summed E-state index contributed by atoms with van der Waals surface area (Å²) in [6, 6.07) is 16.2. The third kappa shape index (κ3) is 2.05. The Labute approximate surface area is 102 Å². The van der Waals surface area contributed by atoms with Crippen LogP contribution in [-0.4, -0.2) is 5.11 Å². The zero-order valence-electron chi connectivity index (χ0n) is 9.76. The Morgan fingerprint density at radius 2 is 1.65 bits per heavy atom. The topological polar surface area (TPSA) is 20.2 Å². The fourth-order valence-corrected chi connectivity index (χ4v) is 2.37. The predicted octanol–water partition coefficient (Wildman–Crippen LogP) is 4.33. The summed E-state index contributed by atoms with van der Waals surface area (Å²) in [4.78, 5) is 0. The second kappa shape index (κ2) is 4.25. The summed E-state index contributed by atoms with van der Waals surface area (Å²) in [6.07, 6.45) is 4.05. The lowest BCUT2D eigenvalue weighted by molar-refractivity contribution is 0.420. The Balaban J connectivity index is 1.88. The Hall–Kier alpha value is -1.76. The zero-order valence-corrected chi connectivity index (χ0v) is 9.76. The van der Waals surface area contributed by atoms with Crippen molar-refractivity contribution in [2.75, 3.05) is 0 Å². The van der Waals surface area contributed by atoms with Gasteiger partial charge in [0, 0.05) is 0 Å². The van der Waals surface area contributed by atoms with Gasteiger partial charge in [-0.3, -0.25) is 0 Å². The van der Waals surface area contributed by atoms with Gasteiger partial charge in [-0.2, -0.15) is 0 Å². The molecule has 0 atom stereocenters. The highest BCUT2D eigenvalue weighted by molar-refractivity contribution is 5.65. The van der Waals surface area contributed by atoms with E-state index < -0.39 is 0 Å². The number of phenols is 1. The summed E-state index contributed by atoms with van der Waals surface area (Å²) in [6.45, 7) is 0. The Morgan fingerprint density at radius 1 is 0.882 bits per heavy atom. The molecule has 0 radical (unpaired) electrons. The molecule has 1 aliphatic rings. The molecule has 3 rings (SSSR count). The normalized spacial score (nSPS) is 15.5. The van der Waals surface area contributed by atoms with E-state index in [0.717, 1.165) is 11.5 Å². The van der Waals surface area contributed by atoms with E-state index in [0.29, 0.717) is 5.75 Å². The maximum absolute atomic E-state index is 9.46. The van der Waals surface area contributed by atoms with Gasteiger partial charge in [0.05, 0.1) is 0 Å². The summed E-state index contributed by atoms with van der Waals surface area (Å²) in [5.41, 5.74) is 3.70. The van der Waals surface area contributed by atoms with Crippen molar-refractivity contribution in [2.24, 2.45) is 0 Å². The van der Waals surface area contributed by atoms with Crippen LogP contribution in [0, 0.1) is 0 Å². The molecule has 2 aromatic rings. The molecule has 0 saturated heterocycles. The summed E-state index contributed by atoms with van der Waals surface area (Å²) in [7, 11) is 0. The number of benzene rings is 2. The van der Waals surface area contributed by atoms with E-state index >= 15 is 0 Å². The summed E-state index contributed by atoms with van der Waals surface area (Å²) in [5, 5.41) is 9.46. The van der Waals surface area contributed by atoms with Crippen LogP contribution < -0.4 is 0 Å². The molecular formula is C16H16O. The standard InChI is InChI=1S/C16H16O/c17-16-6-2-5-15(11-16)14-9-7-13(8-10-14)12-3-1-4-12/h2,5-12,17H,1,3-4H2. The van der Waals surface area contributed by atoms with E-state index in [1.54, 1.807) is 12.1 Å². The van der Waals surface area contributed by atoms with Crippen LogP contribution in [0.25, 0.3) is 11.1 Å². The predicted molar refractivity (Wildman–Crippen MR) is 70.1 cm³/mol. The summed E-state index contributed by atoms with van der Waals surface area (Å²) < 4.78 is 0. The molecule has 86 valence electrons. The minimum atomic E-state index is 0.325. The van der Waals surface area contributed by atoms with Gasteiger partial charge in [-0.05, 0) is 47.6 Å². The maximum atomic E-state index is 9.46. The van der Waals surface area contributed by atoms with Crippen molar-refractivity contribution < 1.29 is 5.11 Å². The molecule has 0 bridgehead atoms. The van der Waals surface area contributed by atoms with Gasteiger partial charge in [-0.1, -0.05) is 42.8 Å². The van der Waals surface area contributed by atoms with Crippen LogP contribution in [-0.2, 0) is 0 Å². The molecule has 0 unspecified atom stereocenters. The molecule has 0 spiro atoms. The number of hydrogen-bond donors (Lipinski definition) is 1. The highest BCUT2D eigenvalue weighted by Gasteiger charge is 2.18. The average Bonchev–Trinajstić information content (AvgIpc) is 2.28. The molecule has 1 fully saturated rings. The maximum Gasteiger partial charge on any atom is 0.116 e. The van der Waals surface area contributed by atoms with Crippen molar-refractivity contribution in [1.29, 1.82) is 0 Å². The second-order valence-electron chi connectivity index (χ2n) is 4.80. The van der Waals surface area contributed by atoms with Gasteiger partial charge in [-0.25, -0.2) is 0 Å². The van der Waals surface area contributed by atoms with E-state index in [4.69, 9.17) is 0 Å². The van der Waals surface area contributed by atoms with E-state index in [9.17, 15) is 5.11 Å². The largest absolute Gasteiger partial charge is 0.508 e. The average molecular weight is 224 g/mol. The molecule has 1 N–H and O–H groups in total. The first kappa shape index (κ1) is 10.4. The third-order valence-electron chi connectivity index (χ3n) is 3.67. The van der Waals surface area contributed by atoms with Crippen LogP contribution in [0.15, 0.2) is 48.5 Å². The molecule has 0 heterocycles. The summed E-state index contributed by atoms with van der Waals surface area (Å²) in [5.74, 6) is 1.11. The van der Waals surface area contributed by atoms with Gasteiger partial charge < -0.3 is 5.11 Å². The molecule has 1 heteroatoms. The molecule has 1 saturated carbocycles. The zero-order chi connectivity index (χ0) is 11.7. The number of aromatic hydroxyl groups is 1. The fraction of sp³-hybridized carbons (Fsp3) is 0.250. The van der Waals surface area contributed by atoms with Gasteiger partial charge in [0.2, 0.25) is 0 Å². The van der Waals surface area contributed by atoms with Crippen molar-refractivity contribution in [3.63, 3.8) is 0 Å². The first-order chi connectivity index (χ1) is 8.33. The van der Waals surface area contributed by atoms with Crippen LogP contribution >= 0.6 is 0 Å². The molecule has 2 aromatic carbocycles. The third-order valence-corrected chi connectivity index (χ3v) is 3.67. The van der Waals surface area contributed by atoms with Gasteiger partial charge >= 0.3 is 0 Å². The van der Waals surface area contributed by atoms with Gasteiger partial charge in [0.1, 0.15) is 5.75 Å². The van der Waals surface area contributed by atoms with E-state index in [2.05, 4.69) is 24.3 Å². The van der Waals surface area contributed by atoms with E-state index in [1.165, 1.54) is 30.4 Å². The number of phenolic OH excluding ortho intramolecular Hbond substituents is 1.